The number of aromatic nitrogens is 1. The zero-order chi connectivity index (χ0) is 19.1. The molecule has 1 nitrogen and oxygen atoms in total. The van der Waals surface area contributed by atoms with Gasteiger partial charge in [0.25, 0.3) is 0 Å². The fourth-order valence-corrected chi connectivity index (χ4v) is 106. The smallest absolute Gasteiger partial charge is 0.0685 e. The molecule has 0 atom stereocenters. The van der Waals surface area contributed by atoms with Gasteiger partial charge in [-0.25, -0.2) is 0 Å². The van der Waals surface area contributed by atoms with E-state index in [9.17, 15) is 0 Å². The Morgan fingerprint density at radius 3 is 1.24 bits per heavy atom. The molecule has 1 aromatic carbocycles. The van der Waals surface area contributed by atoms with Crippen LogP contribution in [0.1, 0.15) is 0 Å². The summed E-state index contributed by atoms with van der Waals surface area (Å²) in [5.41, 5.74) is 2.58. The molecule has 0 fully saturated rings. The van der Waals surface area contributed by atoms with Gasteiger partial charge in [-0.3, -0.25) is 4.98 Å². The van der Waals surface area contributed by atoms with Crippen LogP contribution in [0.25, 0.3) is 11.1 Å². The van der Waals surface area contributed by atoms with Gasteiger partial charge in [0.05, 0.1) is 6.63 Å². The van der Waals surface area contributed by atoms with Gasteiger partial charge in [-0.1, -0.05) is 88.4 Å². The number of pyridine rings is 1. The van der Waals surface area contributed by atoms with Crippen LogP contribution in [0.2, 0.25) is 58.9 Å². The van der Waals surface area contributed by atoms with Crippen molar-refractivity contribution in [1.29, 1.82) is 0 Å². The summed E-state index contributed by atoms with van der Waals surface area (Å²) in [6, 6.07) is 14.0. The van der Waals surface area contributed by atoms with E-state index in [2.05, 4.69) is 100 Å². The van der Waals surface area contributed by atoms with Gasteiger partial charge < -0.3 is 0 Å². The van der Waals surface area contributed by atoms with Crippen molar-refractivity contribution in [2.24, 2.45) is 0 Å². The Bertz CT molecular complexity index is 669. The monoisotopic (exact) mass is 401 g/mol. The van der Waals surface area contributed by atoms with Crippen LogP contribution >= 0.6 is 0 Å². The van der Waals surface area contributed by atoms with Crippen LogP contribution in [0, 0.1) is 0 Å². The predicted octanol–water partition coefficient (Wildman–Crippen LogP) is 5.65. The van der Waals surface area contributed by atoms with Crippen molar-refractivity contribution in [2.45, 2.75) is 58.9 Å². The zero-order valence-electron chi connectivity index (χ0n) is 17.6. The standard InChI is InChI=1S/C20H35NSi4/c1-22(2,3)25(23(4,5)6,24(7,8)9)20-12-10-18(11-13-20)19-14-16-21-17-15-19/h10-17H,1-9H3. The molecular weight excluding hydrogens is 367 g/mol. The largest absolute Gasteiger partial charge is 0.265 e. The highest BCUT2D eigenvalue weighted by Crippen LogP contribution is 2.37. The second-order valence-electron chi connectivity index (χ2n) is 10.3. The Kier molecular flexibility index (Phi) is 5.55. The van der Waals surface area contributed by atoms with Gasteiger partial charge in [-0.05, 0) is 23.3 Å². The highest BCUT2D eigenvalue weighted by molar-refractivity contribution is 7.92. The third kappa shape index (κ3) is 3.56. The number of benzene rings is 1. The van der Waals surface area contributed by atoms with E-state index in [1.165, 1.54) is 11.1 Å². The highest BCUT2D eigenvalue weighted by atomic mass is 29.9. The van der Waals surface area contributed by atoms with E-state index >= 15 is 0 Å². The molecule has 0 saturated heterocycles. The molecule has 0 aliphatic rings. The van der Waals surface area contributed by atoms with Crippen LogP contribution in [0.4, 0.5) is 0 Å². The average molecular weight is 402 g/mol. The first kappa shape index (κ1) is 20.5. The molecule has 136 valence electrons. The molecule has 0 saturated carbocycles. The maximum atomic E-state index is 4.15. The third-order valence-electron chi connectivity index (χ3n) is 5.71. The first-order chi connectivity index (χ1) is 11.3. The highest BCUT2D eigenvalue weighted by Gasteiger charge is 2.62. The fourth-order valence-electron chi connectivity index (χ4n) is 6.13. The summed E-state index contributed by atoms with van der Waals surface area (Å²) in [6.45, 7) is 22.4. The second kappa shape index (κ2) is 6.76. The molecule has 0 N–H and O–H groups in total. The Balaban J connectivity index is 2.68. The van der Waals surface area contributed by atoms with Gasteiger partial charge in [-0.2, -0.15) is 0 Å². The van der Waals surface area contributed by atoms with Crippen LogP contribution in [0.3, 0.4) is 0 Å². The van der Waals surface area contributed by atoms with Crippen molar-refractivity contribution in [3.8, 4) is 11.1 Å². The topological polar surface area (TPSA) is 12.9 Å². The number of hydrogen-bond donors (Lipinski definition) is 0. The summed E-state index contributed by atoms with van der Waals surface area (Å²) in [7, 11) is -3.88. The summed E-state index contributed by atoms with van der Waals surface area (Å²) >= 11 is 0. The van der Waals surface area contributed by atoms with Crippen LogP contribution < -0.4 is 5.19 Å². The first-order valence-electron chi connectivity index (χ1n) is 9.33. The molecule has 2 rings (SSSR count). The lowest BCUT2D eigenvalue weighted by Crippen LogP contribution is -2.88. The van der Waals surface area contributed by atoms with E-state index < -0.39 is 29.4 Å². The lowest BCUT2D eigenvalue weighted by molar-refractivity contribution is 1.33. The van der Waals surface area contributed by atoms with Crippen LogP contribution in [-0.2, 0) is 0 Å². The van der Waals surface area contributed by atoms with Crippen molar-refractivity contribution < 1.29 is 0 Å². The third-order valence-corrected chi connectivity index (χ3v) is 77.0. The van der Waals surface area contributed by atoms with Crippen molar-refractivity contribution in [2.75, 3.05) is 0 Å². The molecule has 25 heavy (non-hydrogen) atoms. The minimum absolute atomic E-state index is 1.27. The molecule has 2 aromatic rings. The summed E-state index contributed by atoms with van der Waals surface area (Å²) < 4.78 is 0. The molecule has 0 unspecified atom stereocenters. The first-order valence-corrected chi connectivity index (χ1v) is 24.8. The van der Waals surface area contributed by atoms with Gasteiger partial charge in [0.1, 0.15) is 0 Å². The van der Waals surface area contributed by atoms with Crippen LogP contribution in [0.15, 0.2) is 48.8 Å². The Morgan fingerprint density at radius 2 is 0.880 bits per heavy atom. The number of rotatable bonds is 5. The summed E-state index contributed by atoms with van der Waals surface area (Å²) in [5.74, 6) is 0. The number of hydrogen-bond acceptors (Lipinski definition) is 1. The molecule has 1 aromatic heterocycles. The quantitative estimate of drug-likeness (QED) is 0.589. The zero-order valence-corrected chi connectivity index (χ0v) is 21.6. The summed E-state index contributed by atoms with van der Waals surface area (Å²) in [6.07, 6.45) is 3.77. The SMILES string of the molecule is C[Si](C)(C)[Si](c1ccc(-c2ccncc2)cc1)([Si](C)(C)C)[Si](C)(C)C. The van der Waals surface area contributed by atoms with Gasteiger partial charge >= 0.3 is 0 Å². The molecule has 0 aliphatic heterocycles. The molecule has 5 heteroatoms. The molecular formula is C20H35NSi4. The molecule has 0 bridgehead atoms. The minimum atomic E-state index is -1.50. The fraction of sp³-hybridized carbons (Fsp3) is 0.450. The Morgan fingerprint density at radius 1 is 0.520 bits per heavy atom. The van der Waals surface area contributed by atoms with E-state index in [0.29, 0.717) is 0 Å². The molecule has 1 heterocycles. The summed E-state index contributed by atoms with van der Waals surface area (Å²) in [5, 5.41) is 1.75. The predicted molar refractivity (Wildman–Crippen MR) is 125 cm³/mol. The van der Waals surface area contributed by atoms with Gasteiger partial charge in [0.15, 0.2) is 0 Å². The molecule has 0 amide bonds. The van der Waals surface area contributed by atoms with E-state index in [1.54, 1.807) is 5.19 Å². The lowest BCUT2D eigenvalue weighted by Gasteiger charge is -2.57. The van der Waals surface area contributed by atoms with E-state index in [-0.39, 0.29) is 0 Å². The van der Waals surface area contributed by atoms with Gasteiger partial charge in [0.2, 0.25) is 0 Å². The van der Waals surface area contributed by atoms with E-state index in [0.717, 1.165) is 0 Å². The Hall–Kier alpha value is -0.762. The maximum Gasteiger partial charge on any atom is 0.0685 e. The van der Waals surface area contributed by atoms with Crippen LogP contribution in [-0.4, -0.2) is 34.4 Å². The molecule has 0 spiro atoms. The summed E-state index contributed by atoms with van der Waals surface area (Å²) in [4.78, 5) is 4.15. The van der Waals surface area contributed by atoms with Crippen molar-refractivity contribution >= 4 is 34.6 Å². The van der Waals surface area contributed by atoms with Crippen molar-refractivity contribution in [3.05, 3.63) is 48.8 Å². The maximum absolute atomic E-state index is 4.15. The second-order valence-corrected chi connectivity index (χ2v) is 50.6. The van der Waals surface area contributed by atoms with E-state index in [4.69, 9.17) is 0 Å². The average Bonchev–Trinajstić information content (AvgIpc) is 2.45. The minimum Gasteiger partial charge on any atom is -0.265 e. The van der Waals surface area contributed by atoms with Crippen molar-refractivity contribution in [3.63, 3.8) is 0 Å². The molecule has 0 radical (unpaired) electrons. The van der Waals surface area contributed by atoms with Crippen LogP contribution in [0.5, 0.6) is 0 Å². The van der Waals surface area contributed by atoms with Gasteiger partial charge in [-0.15, -0.1) is 0 Å². The molecule has 0 aliphatic carbocycles. The van der Waals surface area contributed by atoms with Crippen molar-refractivity contribution in [1.82, 2.24) is 4.98 Å². The lowest BCUT2D eigenvalue weighted by atomic mass is 10.1. The number of nitrogens with zero attached hydrogens (tertiary/aromatic N) is 1. The normalized spacial score (nSPS) is 13.8. The van der Waals surface area contributed by atoms with E-state index in [1.807, 2.05) is 12.4 Å². The van der Waals surface area contributed by atoms with Gasteiger partial charge in [0, 0.05) is 35.2 Å². The Labute approximate surface area is 158 Å².